The molecular formula is C14H18ClN5O. The van der Waals surface area contributed by atoms with E-state index in [9.17, 15) is 4.79 Å². The maximum absolute atomic E-state index is 11.6. The van der Waals surface area contributed by atoms with Gasteiger partial charge in [0.05, 0.1) is 12.2 Å². The van der Waals surface area contributed by atoms with Crippen molar-refractivity contribution in [3.8, 4) is 5.69 Å². The van der Waals surface area contributed by atoms with E-state index in [0.29, 0.717) is 31.1 Å². The molecule has 1 heterocycles. The Balaban J connectivity index is 2.08. The van der Waals surface area contributed by atoms with Gasteiger partial charge in [0, 0.05) is 12.3 Å². The number of aryl methyl sites for hydroxylation is 2. The number of alkyl halides is 1. The number of rotatable bonds is 6. The van der Waals surface area contributed by atoms with E-state index in [2.05, 4.69) is 27.8 Å². The van der Waals surface area contributed by atoms with Crippen LogP contribution in [0.1, 0.15) is 29.8 Å². The molecule has 7 heteroatoms. The maximum atomic E-state index is 11.6. The van der Waals surface area contributed by atoms with E-state index in [1.54, 1.807) is 4.68 Å². The quantitative estimate of drug-likeness (QED) is 0.828. The van der Waals surface area contributed by atoms with Gasteiger partial charge in [-0.15, -0.1) is 16.7 Å². The monoisotopic (exact) mass is 307 g/mol. The Morgan fingerprint density at radius 3 is 2.86 bits per heavy atom. The van der Waals surface area contributed by atoms with Gasteiger partial charge in [0.25, 0.3) is 0 Å². The number of nitrogens with one attached hydrogen (secondary N) is 1. The number of hydrogen-bond donors (Lipinski definition) is 1. The first-order chi connectivity index (χ1) is 10.1. The van der Waals surface area contributed by atoms with Gasteiger partial charge in [0.15, 0.2) is 5.82 Å². The highest BCUT2D eigenvalue weighted by molar-refractivity contribution is 6.17. The molecule has 0 spiro atoms. The van der Waals surface area contributed by atoms with E-state index in [0.717, 1.165) is 5.69 Å². The molecule has 21 heavy (non-hydrogen) atoms. The first-order valence-corrected chi connectivity index (χ1v) is 7.33. The SMILES string of the molecule is Cc1ccc(-n2nnnc2CNC(=O)CCCCl)cc1C. The van der Waals surface area contributed by atoms with Gasteiger partial charge in [0.2, 0.25) is 5.91 Å². The molecule has 1 N–H and O–H groups in total. The topological polar surface area (TPSA) is 72.7 Å². The molecule has 0 saturated carbocycles. The van der Waals surface area contributed by atoms with Crippen molar-refractivity contribution in [3.63, 3.8) is 0 Å². The van der Waals surface area contributed by atoms with Crippen LogP contribution in [0.4, 0.5) is 0 Å². The fraction of sp³-hybridized carbons (Fsp3) is 0.429. The molecule has 112 valence electrons. The lowest BCUT2D eigenvalue weighted by molar-refractivity contribution is -0.121. The molecule has 0 aliphatic heterocycles. The third-order valence-electron chi connectivity index (χ3n) is 3.25. The van der Waals surface area contributed by atoms with Gasteiger partial charge in [-0.3, -0.25) is 4.79 Å². The fourth-order valence-corrected chi connectivity index (χ4v) is 2.00. The largest absolute Gasteiger partial charge is 0.349 e. The second-order valence-electron chi connectivity index (χ2n) is 4.84. The Morgan fingerprint density at radius 2 is 2.14 bits per heavy atom. The Hall–Kier alpha value is -1.95. The fourth-order valence-electron chi connectivity index (χ4n) is 1.87. The molecule has 1 aromatic carbocycles. The third-order valence-corrected chi connectivity index (χ3v) is 3.52. The predicted octanol–water partition coefficient (Wildman–Crippen LogP) is 1.91. The van der Waals surface area contributed by atoms with Crippen LogP contribution in [0.5, 0.6) is 0 Å². The van der Waals surface area contributed by atoms with Gasteiger partial charge >= 0.3 is 0 Å². The van der Waals surface area contributed by atoms with Crippen LogP contribution in [-0.2, 0) is 11.3 Å². The third kappa shape index (κ3) is 4.01. The molecule has 1 aromatic heterocycles. The van der Waals surface area contributed by atoms with E-state index in [1.807, 2.05) is 25.1 Å². The Morgan fingerprint density at radius 1 is 1.33 bits per heavy atom. The van der Waals surface area contributed by atoms with Crippen LogP contribution in [0.3, 0.4) is 0 Å². The first kappa shape index (κ1) is 15.4. The maximum Gasteiger partial charge on any atom is 0.220 e. The van der Waals surface area contributed by atoms with Crippen molar-refractivity contribution in [3.05, 3.63) is 35.2 Å². The predicted molar refractivity (Wildman–Crippen MR) is 80.4 cm³/mol. The normalized spacial score (nSPS) is 10.6. The molecule has 0 fully saturated rings. The number of aromatic nitrogens is 4. The summed E-state index contributed by atoms with van der Waals surface area (Å²) in [6.07, 6.45) is 1.07. The second-order valence-corrected chi connectivity index (χ2v) is 5.22. The lowest BCUT2D eigenvalue weighted by Gasteiger charge is -2.08. The highest BCUT2D eigenvalue weighted by Crippen LogP contribution is 2.14. The zero-order valence-electron chi connectivity index (χ0n) is 12.1. The summed E-state index contributed by atoms with van der Waals surface area (Å²) in [4.78, 5) is 11.6. The molecule has 2 rings (SSSR count). The van der Waals surface area contributed by atoms with Crippen LogP contribution in [0.2, 0.25) is 0 Å². The van der Waals surface area contributed by atoms with Crippen molar-refractivity contribution in [2.75, 3.05) is 5.88 Å². The number of tetrazole rings is 1. The smallest absolute Gasteiger partial charge is 0.220 e. The van der Waals surface area contributed by atoms with Crippen LogP contribution in [0.25, 0.3) is 5.69 Å². The standard InChI is InChI=1S/C14H18ClN5O/c1-10-5-6-12(8-11(10)2)20-13(17-18-19-20)9-16-14(21)4-3-7-15/h5-6,8H,3-4,7,9H2,1-2H3,(H,16,21). The number of nitrogens with zero attached hydrogens (tertiary/aromatic N) is 4. The number of halogens is 1. The number of benzene rings is 1. The van der Waals surface area contributed by atoms with Crippen molar-refractivity contribution in [2.45, 2.75) is 33.2 Å². The van der Waals surface area contributed by atoms with Crippen LogP contribution in [0, 0.1) is 13.8 Å². The average Bonchev–Trinajstić information content (AvgIpc) is 2.94. The van der Waals surface area contributed by atoms with Crippen molar-refractivity contribution in [1.29, 1.82) is 0 Å². The Bertz CT molecular complexity index is 626. The van der Waals surface area contributed by atoms with Gasteiger partial charge in [-0.05, 0) is 54.0 Å². The zero-order valence-corrected chi connectivity index (χ0v) is 12.9. The van der Waals surface area contributed by atoms with Crippen molar-refractivity contribution < 1.29 is 4.79 Å². The van der Waals surface area contributed by atoms with E-state index < -0.39 is 0 Å². The molecular weight excluding hydrogens is 290 g/mol. The van der Waals surface area contributed by atoms with Gasteiger partial charge < -0.3 is 5.32 Å². The van der Waals surface area contributed by atoms with Gasteiger partial charge in [-0.1, -0.05) is 6.07 Å². The molecule has 6 nitrogen and oxygen atoms in total. The highest BCUT2D eigenvalue weighted by atomic mass is 35.5. The van der Waals surface area contributed by atoms with Crippen LogP contribution < -0.4 is 5.32 Å². The van der Waals surface area contributed by atoms with Gasteiger partial charge in [-0.2, -0.15) is 4.68 Å². The molecule has 0 aliphatic carbocycles. The van der Waals surface area contributed by atoms with Gasteiger partial charge in [0.1, 0.15) is 0 Å². The molecule has 2 aromatic rings. The van der Waals surface area contributed by atoms with Crippen LogP contribution in [-0.4, -0.2) is 32.0 Å². The molecule has 0 unspecified atom stereocenters. The molecule has 0 atom stereocenters. The molecule has 0 saturated heterocycles. The minimum Gasteiger partial charge on any atom is -0.349 e. The first-order valence-electron chi connectivity index (χ1n) is 6.79. The van der Waals surface area contributed by atoms with E-state index in [1.165, 1.54) is 11.1 Å². The van der Waals surface area contributed by atoms with E-state index >= 15 is 0 Å². The summed E-state index contributed by atoms with van der Waals surface area (Å²) in [5.74, 6) is 1.02. The van der Waals surface area contributed by atoms with Gasteiger partial charge in [-0.25, -0.2) is 0 Å². The van der Waals surface area contributed by atoms with Crippen molar-refractivity contribution in [2.24, 2.45) is 0 Å². The summed E-state index contributed by atoms with van der Waals surface area (Å²) in [5.41, 5.74) is 3.26. The van der Waals surface area contributed by atoms with Crippen molar-refractivity contribution >= 4 is 17.5 Å². The summed E-state index contributed by atoms with van der Waals surface area (Å²) < 4.78 is 1.63. The van der Waals surface area contributed by atoms with Crippen molar-refractivity contribution in [1.82, 2.24) is 25.5 Å². The summed E-state index contributed by atoms with van der Waals surface area (Å²) in [5, 5.41) is 14.4. The van der Waals surface area contributed by atoms with E-state index in [-0.39, 0.29) is 5.91 Å². The Labute approximate surface area is 128 Å². The summed E-state index contributed by atoms with van der Waals surface area (Å²) in [6, 6.07) is 6.00. The summed E-state index contributed by atoms with van der Waals surface area (Å²) in [7, 11) is 0. The highest BCUT2D eigenvalue weighted by Gasteiger charge is 2.10. The summed E-state index contributed by atoms with van der Waals surface area (Å²) in [6.45, 7) is 4.38. The molecule has 1 amide bonds. The zero-order chi connectivity index (χ0) is 15.2. The number of hydrogen-bond acceptors (Lipinski definition) is 4. The number of carbonyl (C=O) groups is 1. The van der Waals surface area contributed by atoms with Crippen LogP contribution >= 0.6 is 11.6 Å². The molecule has 0 radical (unpaired) electrons. The molecule has 0 bridgehead atoms. The van der Waals surface area contributed by atoms with Crippen LogP contribution in [0.15, 0.2) is 18.2 Å². The number of carbonyl (C=O) groups excluding carboxylic acids is 1. The van der Waals surface area contributed by atoms with E-state index in [4.69, 9.17) is 11.6 Å². The minimum absolute atomic E-state index is 0.0507. The minimum atomic E-state index is -0.0507. The summed E-state index contributed by atoms with van der Waals surface area (Å²) >= 11 is 5.56. The Kier molecular flexibility index (Phi) is 5.27. The lowest BCUT2D eigenvalue weighted by Crippen LogP contribution is -2.24. The molecule has 0 aliphatic rings. The number of amides is 1. The average molecular weight is 308 g/mol. The second kappa shape index (κ2) is 7.17. The lowest BCUT2D eigenvalue weighted by atomic mass is 10.1.